The van der Waals surface area contributed by atoms with E-state index < -0.39 is 0 Å². The third-order valence-electron chi connectivity index (χ3n) is 5.03. The molecule has 2 heterocycles. The number of thioether (sulfide) groups is 1. The number of hydrogen-bond donors (Lipinski definition) is 2. The lowest BCUT2D eigenvalue weighted by molar-refractivity contribution is -0.113. The molecule has 10 nitrogen and oxygen atoms in total. The normalized spacial score (nSPS) is 10.7. The predicted molar refractivity (Wildman–Crippen MR) is 140 cm³/mol. The highest BCUT2D eigenvalue weighted by Gasteiger charge is 2.16. The zero-order chi connectivity index (χ0) is 25.5. The minimum absolute atomic E-state index is 0.128. The molecule has 12 heteroatoms. The monoisotopic (exact) mass is 524 g/mol. The van der Waals surface area contributed by atoms with E-state index in [0.717, 1.165) is 10.2 Å². The largest absolute Gasteiger partial charge is 0.493 e. The number of benzene rings is 2. The van der Waals surface area contributed by atoms with Gasteiger partial charge in [0.1, 0.15) is 0 Å². The molecule has 0 aliphatic carbocycles. The van der Waals surface area contributed by atoms with E-state index in [4.69, 9.17) is 9.47 Å². The van der Waals surface area contributed by atoms with E-state index in [9.17, 15) is 9.59 Å². The molecule has 0 radical (unpaired) electrons. The van der Waals surface area contributed by atoms with E-state index in [-0.39, 0.29) is 24.1 Å². The molecule has 0 bridgehead atoms. The first-order valence-corrected chi connectivity index (χ1v) is 12.6. The van der Waals surface area contributed by atoms with Gasteiger partial charge in [0.15, 0.2) is 27.6 Å². The zero-order valence-corrected chi connectivity index (χ0v) is 21.3. The molecule has 0 fully saturated rings. The Morgan fingerprint density at radius 2 is 1.94 bits per heavy atom. The maximum absolute atomic E-state index is 12.7. The van der Waals surface area contributed by atoms with Crippen LogP contribution >= 0.6 is 23.1 Å². The van der Waals surface area contributed by atoms with Gasteiger partial charge in [-0.25, -0.2) is 4.98 Å². The van der Waals surface area contributed by atoms with Crippen molar-refractivity contribution < 1.29 is 19.1 Å². The molecule has 0 spiro atoms. The molecule has 2 amide bonds. The summed E-state index contributed by atoms with van der Waals surface area (Å²) >= 11 is 2.67. The molecule has 0 saturated carbocycles. The van der Waals surface area contributed by atoms with Crippen molar-refractivity contribution in [1.29, 1.82) is 0 Å². The third-order valence-corrected chi connectivity index (χ3v) is 6.95. The lowest BCUT2D eigenvalue weighted by Crippen LogP contribution is -2.25. The lowest BCUT2D eigenvalue weighted by Gasteiger charge is -2.11. The number of nitrogens with one attached hydrogen (secondary N) is 2. The fraction of sp³-hybridized carbons (Fsp3) is 0.208. The summed E-state index contributed by atoms with van der Waals surface area (Å²) in [6.45, 7) is 4.36. The molecule has 2 aromatic heterocycles. The van der Waals surface area contributed by atoms with E-state index in [1.807, 2.05) is 24.3 Å². The summed E-state index contributed by atoms with van der Waals surface area (Å²) in [6, 6.07) is 12.6. The summed E-state index contributed by atoms with van der Waals surface area (Å²) in [5.41, 5.74) is 1.26. The zero-order valence-electron chi connectivity index (χ0n) is 19.7. The summed E-state index contributed by atoms with van der Waals surface area (Å²) in [5, 5.41) is 15.2. The molecule has 0 atom stereocenters. The van der Waals surface area contributed by atoms with Gasteiger partial charge in [0, 0.05) is 12.1 Å². The fourth-order valence-electron chi connectivity index (χ4n) is 3.32. The number of methoxy groups -OCH3 is 2. The first-order chi connectivity index (χ1) is 17.5. The predicted octanol–water partition coefficient (Wildman–Crippen LogP) is 3.75. The second-order valence-corrected chi connectivity index (χ2v) is 9.35. The molecule has 2 N–H and O–H groups in total. The molecule has 0 aliphatic rings. The Labute approximate surface area is 215 Å². The van der Waals surface area contributed by atoms with Gasteiger partial charge in [-0.1, -0.05) is 41.3 Å². The number of ether oxygens (including phenoxy) is 2. The number of aromatic nitrogens is 4. The molecule has 0 saturated heterocycles. The Balaban J connectivity index is 1.37. The Kier molecular flexibility index (Phi) is 8.18. The summed E-state index contributed by atoms with van der Waals surface area (Å²) < 4.78 is 13.3. The van der Waals surface area contributed by atoms with Gasteiger partial charge in [-0.05, 0) is 30.3 Å². The van der Waals surface area contributed by atoms with Crippen molar-refractivity contribution in [2.45, 2.75) is 18.2 Å². The van der Waals surface area contributed by atoms with Crippen LogP contribution in [0.25, 0.3) is 10.2 Å². The van der Waals surface area contributed by atoms with E-state index in [2.05, 4.69) is 32.4 Å². The maximum Gasteiger partial charge on any atom is 0.251 e. The van der Waals surface area contributed by atoms with Crippen LogP contribution in [0.4, 0.5) is 5.13 Å². The molecule has 0 unspecified atom stereocenters. The van der Waals surface area contributed by atoms with E-state index in [0.29, 0.717) is 39.7 Å². The highest BCUT2D eigenvalue weighted by molar-refractivity contribution is 7.99. The van der Waals surface area contributed by atoms with Crippen LogP contribution < -0.4 is 20.1 Å². The Morgan fingerprint density at radius 1 is 1.14 bits per heavy atom. The average molecular weight is 525 g/mol. The molecule has 36 heavy (non-hydrogen) atoms. The van der Waals surface area contributed by atoms with E-state index in [1.54, 1.807) is 28.8 Å². The molecule has 2 aromatic carbocycles. The van der Waals surface area contributed by atoms with Gasteiger partial charge in [0.05, 0.1) is 36.7 Å². The number of amides is 2. The van der Waals surface area contributed by atoms with Crippen LogP contribution in [0.15, 0.2) is 60.3 Å². The number of nitrogens with zero attached hydrogens (tertiary/aromatic N) is 4. The summed E-state index contributed by atoms with van der Waals surface area (Å²) in [6.07, 6.45) is 1.70. The van der Waals surface area contributed by atoms with Crippen molar-refractivity contribution in [3.63, 3.8) is 0 Å². The highest BCUT2D eigenvalue weighted by Crippen LogP contribution is 2.28. The lowest BCUT2D eigenvalue weighted by atomic mass is 10.2. The van der Waals surface area contributed by atoms with Crippen molar-refractivity contribution >= 4 is 50.3 Å². The number of hydrogen-bond acceptors (Lipinski definition) is 9. The van der Waals surface area contributed by atoms with Gasteiger partial charge in [-0.3, -0.25) is 9.59 Å². The minimum Gasteiger partial charge on any atom is -0.493 e. The summed E-state index contributed by atoms with van der Waals surface area (Å²) in [4.78, 5) is 29.6. The van der Waals surface area contributed by atoms with Crippen LogP contribution in [0.1, 0.15) is 16.2 Å². The molecule has 4 aromatic rings. The summed E-state index contributed by atoms with van der Waals surface area (Å²) in [5.74, 6) is 1.17. The van der Waals surface area contributed by atoms with Crippen molar-refractivity contribution in [2.75, 3.05) is 25.3 Å². The standard InChI is InChI=1S/C24H24N6O4S2/c1-4-11-30-20(13-25-22(32)15-9-10-17(33-2)18(12-15)34-3)28-29-24(30)35-14-21(31)27-23-26-16-7-5-6-8-19(16)36-23/h4-10,12H,1,11,13-14H2,2-3H3,(H,25,32)(H,26,27,31). The fourth-order valence-corrected chi connectivity index (χ4v) is 4.97. The first kappa shape index (κ1) is 25.2. The molecule has 4 rings (SSSR count). The van der Waals surface area contributed by atoms with Gasteiger partial charge in [0.25, 0.3) is 5.91 Å². The van der Waals surface area contributed by atoms with Crippen LogP contribution in [0.3, 0.4) is 0 Å². The van der Waals surface area contributed by atoms with Gasteiger partial charge in [0.2, 0.25) is 5.91 Å². The van der Waals surface area contributed by atoms with Crippen LogP contribution in [-0.4, -0.2) is 51.5 Å². The van der Waals surface area contributed by atoms with Gasteiger partial charge >= 0.3 is 0 Å². The van der Waals surface area contributed by atoms with Crippen LogP contribution in [0, 0.1) is 0 Å². The molecular weight excluding hydrogens is 500 g/mol. The molecular formula is C24H24N6O4S2. The number of fused-ring (bicyclic) bond motifs is 1. The minimum atomic E-state index is -0.298. The quantitative estimate of drug-likeness (QED) is 0.225. The van der Waals surface area contributed by atoms with Crippen molar-refractivity contribution in [3.05, 3.63) is 66.5 Å². The first-order valence-electron chi connectivity index (χ1n) is 10.8. The van der Waals surface area contributed by atoms with E-state index in [1.165, 1.54) is 37.3 Å². The SMILES string of the molecule is C=CCn1c(CNC(=O)c2ccc(OC)c(OC)c2)nnc1SCC(=O)Nc1nc2ccccc2s1. The van der Waals surface area contributed by atoms with Crippen LogP contribution in [0.5, 0.6) is 11.5 Å². The second-order valence-electron chi connectivity index (χ2n) is 7.37. The van der Waals surface area contributed by atoms with Crippen molar-refractivity contribution in [2.24, 2.45) is 0 Å². The average Bonchev–Trinajstić information content (AvgIpc) is 3.48. The number of carbonyl (C=O) groups excluding carboxylic acids is 2. The van der Waals surface area contributed by atoms with E-state index >= 15 is 0 Å². The van der Waals surface area contributed by atoms with Crippen LogP contribution in [0.2, 0.25) is 0 Å². The van der Waals surface area contributed by atoms with Crippen molar-refractivity contribution in [1.82, 2.24) is 25.1 Å². The topological polar surface area (TPSA) is 120 Å². The summed E-state index contributed by atoms with van der Waals surface area (Å²) in [7, 11) is 3.04. The third kappa shape index (κ3) is 5.83. The molecule has 186 valence electrons. The Morgan fingerprint density at radius 3 is 2.69 bits per heavy atom. The highest BCUT2D eigenvalue weighted by atomic mass is 32.2. The number of allylic oxidation sites excluding steroid dienone is 1. The number of anilines is 1. The molecule has 0 aliphatic heterocycles. The number of carbonyl (C=O) groups is 2. The Hall–Kier alpha value is -3.90. The number of rotatable bonds is 11. The van der Waals surface area contributed by atoms with Gasteiger partial charge in [-0.2, -0.15) is 0 Å². The number of para-hydroxylation sites is 1. The smallest absolute Gasteiger partial charge is 0.251 e. The van der Waals surface area contributed by atoms with Crippen molar-refractivity contribution in [3.8, 4) is 11.5 Å². The van der Waals surface area contributed by atoms with Gasteiger partial charge < -0.3 is 24.7 Å². The maximum atomic E-state index is 12.7. The van der Waals surface area contributed by atoms with Gasteiger partial charge in [-0.15, -0.1) is 16.8 Å². The second kappa shape index (κ2) is 11.7. The number of thiazole rings is 1. The Bertz CT molecular complexity index is 1370. The van der Waals surface area contributed by atoms with Crippen LogP contribution in [-0.2, 0) is 17.9 Å².